The highest BCUT2D eigenvalue weighted by Gasteiger charge is 2.14. The lowest BCUT2D eigenvalue weighted by Crippen LogP contribution is -2.17. The molecule has 0 aromatic carbocycles. The Morgan fingerprint density at radius 2 is 1.80 bits per heavy atom. The molecule has 1 aliphatic heterocycles. The smallest absolute Gasteiger partial charge is 0.267 e. The third kappa shape index (κ3) is 0.967. The van der Waals surface area contributed by atoms with E-state index in [1.165, 1.54) is 0 Å². The van der Waals surface area contributed by atoms with Gasteiger partial charge in [0.25, 0.3) is 5.91 Å². The Hall–Kier alpha value is -1.05. The highest BCUT2D eigenvalue weighted by molar-refractivity contribution is 5.95. The molecule has 0 saturated carbocycles. The van der Waals surface area contributed by atoms with Crippen molar-refractivity contribution in [3.05, 3.63) is 22.9 Å². The zero-order valence-corrected chi connectivity index (χ0v) is 6.36. The van der Waals surface area contributed by atoms with E-state index >= 15 is 0 Å². The van der Waals surface area contributed by atoms with Gasteiger partial charge in [-0.15, -0.1) is 0 Å². The van der Waals surface area contributed by atoms with Gasteiger partial charge in [0.05, 0.1) is 6.20 Å². The van der Waals surface area contributed by atoms with Gasteiger partial charge in [-0.05, 0) is 31.9 Å². The summed E-state index contributed by atoms with van der Waals surface area (Å²) in [6, 6.07) is 0. The maximum Gasteiger partial charge on any atom is 0.273 e. The summed E-state index contributed by atoms with van der Waals surface area (Å²) in [4.78, 5) is 10.8. The summed E-state index contributed by atoms with van der Waals surface area (Å²) in [5.74, 6) is -0.164. The first-order chi connectivity index (χ1) is 4.63. The van der Waals surface area contributed by atoms with Gasteiger partial charge < -0.3 is 0 Å². The fourth-order valence-corrected chi connectivity index (χ4v) is 0.744. The molecule has 1 heterocycles. The molecule has 2 heteroatoms. The lowest BCUT2D eigenvalue weighted by Gasteiger charge is -2.10. The van der Waals surface area contributed by atoms with Crippen LogP contribution in [0, 0.1) is 6.20 Å². The van der Waals surface area contributed by atoms with Gasteiger partial charge in [-0.25, -0.2) is 5.32 Å². The van der Waals surface area contributed by atoms with Crippen LogP contribution in [0.15, 0.2) is 16.7 Å². The standard InChI is InChI=1S/C8H9NO/c1-5-4-9-8(10)7(3)6(5)2/h1-3H3. The molecule has 52 valence electrons. The Balaban J connectivity index is 3.06. The van der Waals surface area contributed by atoms with Crippen LogP contribution in [0.5, 0.6) is 0 Å². The Kier molecular flexibility index (Phi) is 1.62. The number of carbonyl (C=O) groups is 1. The maximum atomic E-state index is 10.8. The highest BCUT2D eigenvalue weighted by Crippen LogP contribution is 2.16. The van der Waals surface area contributed by atoms with E-state index in [2.05, 4.69) is 11.5 Å². The summed E-state index contributed by atoms with van der Waals surface area (Å²) < 4.78 is 0. The second-order valence-electron chi connectivity index (χ2n) is 2.40. The Morgan fingerprint density at radius 1 is 1.20 bits per heavy atom. The molecule has 0 aliphatic carbocycles. The average Bonchev–Trinajstić information content (AvgIpc) is 1.93. The van der Waals surface area contributed by atoms with Crippen molar-refractivity contribution in [1.82, 2.24) is 5.32 Å². The van der Waals surface area contributed by atoms with E-state index in [9.17, 15) is 4.79 Å². The first kappa shape index (κ1) is 7.06. The van der Waals surface area contributed by atoms with Gasteiger partial charge in [0.15, 0.2) is 0 Å². The van der Waals surface area contributed by atoms with Crippen LogP contribution < -0.4 is 5.32 Å². The molecule has 10 heavy (non-hydrogen) atoms. The van der Waals surface area contributed by atoms with Crippen molar-refractivity contribution in [2.45, 2.75) is 20.8 Å². The third-order valence-electron chi connectivity index (χ3n) is 1.77. The molecule has 1 aliphatic rings. The molecule has 2 nitrogen and oxygen atoms in total. The number of carbonyl (C=O) groups excluding carboxylic acids is 1. The van der Waals surface area contributed by atoms with Gasteiger partial charge in [0, 0.05) is 5.57 Å². The summed E-state index contributed by atoms with van der Waals surface area (Å²) in [6.45, 7) is 5.59. The van der Waals surface area contributed by atoms with Crippen molar-refractivity contribution in [1.29, 1.82) is 0 Å². The second-order valence-corrected chi connectivity index (χ2v) is 2.40. The van der Waals surface area contributed by atoms with Crippen LogP contribution in [-0.2, 0) is 4.79 Å². The molecule has 0 unspecified atom stereocenters. The summed E-state index contributed by atoms with van der Waals surface area (Å²) >= 11 is 0. The van der Waals surface area contributed by atoms with Crippen molar-refractivity contribution < 1.29 is 4.79 Å². The number of rotatable bonds is 0. The van der Waals surface area contributed by atoms with Crippen LogP contribution in [0.1, 0.15) is 20.8 Å². The third-order valence-corrected chi connectivity index (χ3v) is 1.77. The number of nitrogens with zero attached hydrogens (tertiary/aromatic N) is 1. The average molecular weight is 135 g/mol. The molecule has 0 fully saturated rings. The van der Waals surface area contributed by atoms with E-state index in [-0.39, 0.29) is 5.91 Å². The zero-order chi connectivity index (χ0) is 7.72. The van der Waals surface area contributed by atoms with Gasteiger partial charge in [-0.2, -0.15) is 0 Å². The molecule has 0 spiro atoms. The minimum Gasteiger partial charge on any atom is -0.267 e. The van der Waals surface area contributed by atoms with Crippen LogP contribution >= 0.6 is 0 Å². The van der Waals surface area contributed by atoms with Crippen molar-refractivity contribution >= 4 is 5.91 Å². The molecule has 1 amide bonds. The summed E-state index contributed by atoms with van der Waals surface area (Å²) in [7, 11) is 0. The van der Waals surface area contributed by atoms with E-state index < -0.39 is 0 Å². The monoisotopic (exact) mass is 135 g/mol. The van der Waals surface area contributed by atoms with E-state index in [1.54, 1.807) is 6.92 Å². The number of hydrogen-bond acceptors (Lipinski definition) is 1. The van der Waals surface area contributed by atoms with Crippen LogP contribution in [0.25, 0.3) is 0 Å². The first-order valence-corrected chi connectivity index (χ1v) is 3.15. The largest absolute Gasteiger partial charge is 0.273 e. The molecule has 0 atom stereocenters. The van der Waals surface area contributed by atoms with E-state index in [0.29, 0.717) is 0 Å². The molecule has 0 bridgehead atoms. The molecule has 2 radical (unpaired) electrons. The van der Waals surface area contributed by atoms with E-state index in [0.717, 1.165) is 16.7 Å². The van der Waals surface area contributed by atoms with E-state index in [1.807, 2.05) is 13.8 Å². The summed E-state index contributed by atoms with van der Waals surface area (Å²) in [5.41, 5.74) is 2.69. The van der Waals surface area contributed by atoms with Crippen molar-refractivity contribution in [2.24, 2.45) is 0 Å². The van der Waals surface area contributed by atoms with Crippen molar-refractivity contribution in [3.8, 4) is 0 Å². The molecule has 0 saturated heterocycles. The first-order valence-electron chi connectivity index (χ1n) is 3.15. The topological polar surface area (TPSA) is 31.2 Å². The van der Waals surface area contributed by atoms with Crippen molar-refractivity contribution in [3.63, 3.8) is 0 Å². The lowest BCUT2D eigenvalue weighted by atomic mass is 10.0. The second kappa shape index (κ2) is 2.29. The molecular formula is C8H9NO. The fraction of sp³-hybridized carbons (Fsp3) is 0.375. The van der Waals surface area contributed by atoms with Gasteiger partial charge in [0.2, 0.25) is 0 Å². The molecule has 1 rings (SSSR count). The molecule has 0 aromatic heterocycles. The lowest BCUT2D eigenvalue weighted by molar-refractivity contribution is -0.117. The van der Waals surface area contributed by atoms with Gasteiger partial charge >= 0.3 is 0 Å². The van der Waals surface area contributed by atoms with E-state index in [4.69, 9.17) is 0 Å². The number of allylic oxidation sites excluding steroid dienone is 2. The predicted octanol–water partition coefficient (Wildman–Crippen LogP) is 1.17. The van der Waals surface area contributed by atoms with Crippen LogP contribution in [0.3, 0.4) is 0 Å². The van der Waals surface area contributed by atoms with Gasteiger partial charge in [-0.3, -0.25) is 4.79 Å². The quantitative estimate of drug-likeness (QED) is 0.490. The molecule has 0 N–H and O–H groups in total. The Bertz CT molecular complexity index is 232. The normalized spacial score (nSPS) is 18.7. The summed E-state index contributed by atoms with van der Waals surface area (Å²) in [6.07, 6.45) is 2.65. The zero-order valence-electron chi connectivity index (χ0n) is 6.36. The Morgan fingerprint density at radius 3 is 2.30 bits per heavy atom. The predicted molar refractivity (Wildman–Crippen MR) is 37.9 cm³/mol. The molecular weight excluding hydrogens is 126 g/mol. The highest BCUT2D eigenvalue weighted by atomic mass is 16.1. The number of amides is 1. The van der Waals surface area contributed by atoms with Gasteiger partial charge in [0.1, 0.15) is 0 Å². The molecule has 0 aromatic rings. The van der Waals surface area contributed by atoms with Crippen LogP contribution in [-0.4, -0.2) is 5.91 Å². The SMILES string of the molecule is CC1=[C][N]C(=O)C(C)=C1C. The van der Waals surface area contributed by atoms with Crippen LogP contribution in [0.2, 0.25) is 0 Å². The van der Waals surface area contributed by atoms with Crippen LogP contribution in [0.4, 0.5) is 0 Å². The van der Waals surface area contributed by atoms with Gasteiger partial charge in [-0.1, -0.05) is 0 Å². The summed E-state index contributed by atoms with van der Waals surface area (Å²) in [5, 5.41) is 3.56. The fourth-order valence-electron chi connectivity index (χ4n) is 0.744. The minimum absolute atomic E-state index is 0.164. The number of hydrogen-bond donors (Lipinski definition) is 0. The minimum atomic E-state index is -0.164. The Labute approximate surface area is 60.6 Å². The van der Waals surface area contributed by atoms with Crippen molar-refractivity contribution in [2.75, 3.05) is 0 Å². The maximum absolute atomic E-state index is 10.8.